The van der Waals surface area contributed by atoms with Crippen molar-refractivity contribution < 1.29 is 5.11 Å². The normalized spacial score (nSPS) is 13.9. The Morgan fingerprint density at radius 2 is 2.38 bits per heavy atom. The van der Waals surface area contributed by atoms with Crippen LogP contribution < -0.4 is 5.73 Å². The number of hydrogen-bond acceptors (Lipinski definition) is 4. The Morgan fingerprint density at radius 3 is 2.75 bits per heavy atom. The first-order valence-electron chi connectivity index (χ1n) is 2.35. The molecule has 0 rings (SSSR count). The smallest absolute Gasteiger partial charge is 0.0761 e. The highest BCUT2D eigenvalue weighted by Gasteiger charge is 1.97. The molecule has 4 heteroatoms. The Morgan fingerprint density at radius 1 is 1.75 bits per heavy atom. The van der Waals surface area contributed by atoms with Crippen molar-refractivity contribution in [3.63, 3.8) is 0 Å². The highest BCUT2D eigenvalue weighted by atomic mass is 33.1. The van der Waals surface area contributed by atoms with Crippen LogP contribution in [-0.4, -0.2) is 29.8 Å². The SMILES string of the molecule is CSSC[C@@H](O)CN. The summed E-state index contributed by atoms with van der Waals surface area (Å²) in [4.78, 5) is 0. The maximum absolute atomic E-state index is 8.83. The van der Waals surface area contributed by atoms with Gasteiger partial charge in [-0.3, -0.25) is 0 Å². The molecule has 0 aromatic heterocycles. The van der Waals surface area contributed by atoms with Gasteiger partial charge in [-0.05, 0) is 6.26 Å². The van der Waals surface area contributed by atoms with Crippen LogP contribution in [0.3, 0.4) is 0 Å². The van der Waals surface area contributed by atoms with E-state index in [1.54, 1.807) is 21.6 Å². The second-order valence-electron chi connectivity index (χ2n) is 1.34. The topological polar surface area (TPSA) is 46.2 Å². The van der Waals surface area contributed by atoms with Gasteiger partial charge in [-0.25, -0.2) is 0 Å². The molecule has 0 radical (unpaired) electrons. The van der Waals surface area contributed by atoms with E-state index in [2.05, 4.69) is 0 Å². The molecule has 0 aliphatic carbocycles. The van der Waals surface area contributed by atoms with Crippen molar-refractivity contribution in [1.29, 1.82) is 0 Å². The summed E-state index contributed by atoms with van der Waals surface area (Å²) >= 11 is 0. The summed E-state index contributed by atoms with van der Waals surface area (Å²) in [6.07, 6.45) is 1.65. The fourth-order valence-corrected chi connectivity index (χ4v) is 1.52. The minimum Gasteiger partial charge on any atom is -0.391 e. The van der Waals surface area contributed by atoms with Crippen LogP contribution in [0.15, 0.2) is 0 Å². The molecule has 3 N–H and O–H groups in total. The Bertz CT molecular complexity index is 53.3. The lowest BCUT2D eigenvalue weighted by Crippen LogP contribution is -2.21. The fraction of sp³-hybridized carbons (Fsp3) is 1.00. The Labute approximate surface area is 57.6 Å². The van der Waals surface area contributed by atoms with Crippen molar-refractivity contribution in [3.8, 4) is 0 Å². The van der Waals surface area contributed by atoms with Gasteiger partial charge in [-0.2, -0.15) is 0 Å². The third-order valence-corrected chi connectivity index (χ3v) is 2.52. The highest BCUT2D eigenvalue weighted by molar-refractivity contribution is 8.76. The molecule has 0 aliphatic rings. The number of hydrogen-bond donors (Lipinski definition) is 2. The maximum atomic E-state index is 8.83. The summed E-state index contributed by atoms with van der Waals surface area (Å²) < 4.78 is 0. The molecular formula is C4H11NOS2. The van der Waals surface area contributed by atoms with Crippen molar-refractivity contribution in [1.82, 2.24) is 0 Å². The van der Waals surface area contributed by atoms with Crippen LogP contribution in [0.5, 0.6) is 0 Å². The molecule has 0 saturated carbocycles. The first-order valence-corrected chi connectivity index (χ1v) is 5.07. The average molecular weight is 153 g/mol. The first-order chi connectivity index (χ1) is 3.81. The van der Waals surface area contributed by atoms with Crippen LogP contribution >= 0.6 is 21.6 Å². The summed E-state index contributed by atoms with van der Waals surface area (Å²) in [5.41, 5.74) is 5.14. The fourth-order valence-electron chi connectivity index (χ4n) is 0.215. The zero-order valence-corrected chi connectivity index (χ0v) is 6.47. The molecule has 0 unspecified atom stereocenters. The van der Waals surface area contributed by atoms with Crippen molar-refractivity contribution in [2.45, 2.75) is 6.10 Å². The van der Waals surface area contributed by atoms with Gasteiger partial charge in [0.1, 0.15) is 0 Å². The van der Waals surface area contributed by atoms with E-state index < -0.39 is 0 Å². The second kappa shape index (κ2) is 5.75. The van der Waals surface area contributed by atoms with Crippen LogP contribution in [0.4, 0.5) is 0 Å². The van der Waals surface area contributed by atoms with Gasteiger partial charge in [0.05, 0.1) is 6.10 Å². The van der Waals surface area contributed by atoms with Gasteiger partial charge in [-0.1, -0.05) is 21.6 Å². The van der Waals surface area contributed by atoms with Gasteiger partial charge in [0, 0.05) is 12.3 Å². The molecule has 0 saturated heterocycles. The molecule has 0 bridgehead atoms. The minimum absolute atomic E-state index is 0.326. The van der Waals surface area contributed by atoms with Gasteiger partial charge in [0.15, 0.2) is 0 Å². The van der Waals surface area contributed by atoms with Gasteiger partial charge in [-0.15, -0.1) is 0 Å². The molecule has 0 aliphatic heterocycles. The number of rotatable bonds is 4. The van der Waals surface area contributed by atoms with Gasteiger partial charge in [0.25, 0.3) is 0 Å². The van der Waals surface area contributed by atoms with E-state index in [0.29, 0.717) is 6.54 Å². The third kappa shape index (κ3) is 4.77. The molecular weight excluding hydrogens is 142 g/mol. The van der Waals surface area contributed by atoms with E-state index in [1.165, 1.54) is 0 Å². The Balaban J connectivity index is 2.86. The summed E-state index contributed by atoms with van der Waals surface area (Å²) in [6, 6.07) is 0. The Kier molecular flexibility index (Phi) is 6.20. The number of nitrogens with two attached hydrogens (primary N) is 1. The zero-order chi connectivity index (χ0) is 6.41. The first kappa shape index (κ1) is 8.62. The van der Waals surface area contributed by atoms with E-state index in [1.807, 2.05) is 6.26 Å². The Hall–Kier alpha value is 0.620. The summed E-state index contributed by atoms with van der Waals surface area (Å²) in [5.74, 6) is 0.734. The highest BCUT2D eigenvalue weighted by Crippen LogP contribution is 2.16. The monoisotopic (exact) mass is 153 g/mol. The summed E-state index contributed by atoms with van der Waals surface area (Å²) in [6.45, 7) is 0.369. The predicted octanol–water partition coefficient (Wildman–Crippen LogP) is 0.317. The lowest BCUT2D eigenvalue weighted by molar-refractivity contribution is 0.208. The van der Waals surface area contributed by atoms with E-state index in [9.17, 15) is 0 Å². The van der Waals surface area contributed by atoms with Crippen molar-refractivity contribution in [2.24, 2.45) is 5.73 Å². The van der Waals surface area contributed by atoms with Crippen LogP contribution in [0, 0.1) is 0 Å². The lowest BCUT2D eigenvalue weighted by Gasteiger charge is -2.02. The van der Waals surface area contributed by atoms with E-state index >= 15 is 0 Å². The summed E-state index contributed by atoms with van der Waals surface area (Å²) in [7, 11) is 3.27. The second-order valence-corrected chi connectivity index (χ2v) is 3.95. The van der Waals surface area contributed by atoms with Crippen LogP contribution in [0.2, 0.25) is 0 Å². The van der Waals surface area contributed by atoms with Gasteiger partial charge < -0.3 is 10.8 Å². The quantitative estimate of drug-likeness (QED) is 0.571. The molecule has 0 amide bonds. The molecule has 50 valence electrons. The average Bonchev–Trinajstić information content (AvgIpc) is 1.83. The predicted molar refractivity (Wildman–Crippen MR) is 41.0 cm³/mol. The third-order valence-electron chi connectivity index (χ3n) is 0.650. The molecule has 0 aromatic rings. The van der Waals surface area contributed by atoms with E-state index in [4.69, 9.17) is 10.8 Å². The van der Waals surface area contributed by atoms with Crippen LogP contribution in [0.25, 0.3) is 0 Å². The molecule has 0 fully saturated rings. The van der Waals surface area contributed by atoms with Gasteiger partial charge in [0.2, 0.25) is 0 Å². The lowest BCUT2D eigenvalue weighted by atomic mass is 10.4. The van der Waals surface area contributed by atoms with Crippen molar-refractivity contribution in [2.75, 3.05) is 18.6 Å². The van der Waals surface area contributed by atoms with E-state index in [-0.39, 0.29) is 6.10 Å². The van der Waals surface area contributed by atoms with Crippen LogP contribution in [-0.2, 0) is 0 Å². The van der Waals surface area contributed by atoms with Crippen molar-refractivity contribution >= 4 is 21.6 Å². The number of aliphatic hydroxyl groups excluding tert-OH is 1. The molecule has 8 heavy (non-hydrogen) atoms. The molecule has 2 nitrogen and oxygen atoms in total. The zero-order valence-electron chi connectivity index (χ0n) is 4.83. The van der Waals surface area contributed by atoms with Crippen molar-refractivity contribution in [3.05, 3.63) is 0 Å². The van der Waals surface area contributed by atoms with Gasteiger partial charge >= 0.3 is 0 Å². The largest absolute Gasteiger partial charge is 0.391 e. The minimum atomic E-state index is -0.326. The maximum Gasteiger partial charge on any atom is 0.0761 e. The number of aliphatic hydroxyl groups is 1. The standard InChI is InChI=1S/C4H11NOS2/c1-7-8-3-4(6)2-5/h4,6H,2-3,5H2,1H3/t4-/m0/s1. The van der Waals surface area contributed by atoms with E-state index in [0.717, 1.165) is 5.75 Å². The van der Waals surface area contributed by atoms with Crippen LogP contribution in [0.1, 0.15) is 0 Å². The molecule has 0 aromatic carbocycles. The molecule has 0 heterocycles. The molecule has 0 spiro atoms. The summed E-state index contributed by atoms with van der Waals surface area (Å²) in [5, 5.41) is 8.83. The molecule has 1 atom stereocenters.